The highest BCUT2D eigenvalue weighted by atomic mass is 32.1. The lowest BCUT2D eigenvalue weighted by atomic mass is 9.91. The van der Waals surface area contributed by atoms with E-state index in [1.807, 2.05) is 55.1 Å². The Kier molecular flexibility index (Phi) is 4.86. The fourth-order valence-electron chi connectivity index (χ4n) is 2.12. The lowest BCUT2D eigenvalue weighted by Gasteiger charge is -2.27. The van der Waals surface area contributed by atoms with Crippen LogP contribution >= 0.6 is 22.7 Å². The molecule has 2 aromatic rings. The van der Waals surface area contributed by atoms with Crippen LogP contribution in [0.25, 0.3) is 0 Å². The van der Waals surface area contributed by atoms with E-state index < -0.39 is 5.60 Å². The lowest BCUT2D eigenvalue weighted by molar-refractivity contribution is -0.123. The van der Waals surface area contributed by atoms with Crippen molar-refractivity contribution in [3.63, 3.8) is 0 Å². The molecule has 1 atom stereocenters. The van der Waals surface area contributed by atoms with Gasteiger partial charge in [-0.15, -0.1) is 11.3 Å². The van der Waals surface area contributed by atoms with Gasteiger partial charge in [-0.25, -0.2) is 0 Å². The zero-order valence-electron chi connectivity index (χ0n) is 12.6. The molecular formula is C16H21NO2S2. The molecule has 21 heavy (non-hydrogen) atoms. The molecule has 3 nitrogen and oxygen atoms in total. The lowest BCUT2D eigenvalue weighted by Crippen LogP contribution is -2.41. The highest BCUT2D eigenvalue weighted by molar-refractivity contribution is 7.10. The molecule has 5 heteroatoms. The number of aliphatic hydroxyl groups is 1. The third kappa shape index (κ3) is 4.15. The van der Waals surface area contributed by atoms with E-state index in [0.717, 1.165) is 10.4 Å². The smallest absolute Gasteiger partial charge is 0.220 e. The van der Waals surface area contributed by atoms with Crippen LogP contribution in [0.5, 0.6) is 0 Å². The van der Waals surface area contributed by atoms with Crippen LogP contribution in [-0.2, 0) is 10.4 Å². The summed E-state index contributed by atoms with van der Waals surface area (Å²) < 4.78 is 0. The third-order valence-corrected chi connectivity index (χ3v) is 4.86. The van der Waals surface area contributed by atoms with Crippen LogP contribution in [0.4, 0.5) is 0 Å². The van der Waals surface area contributed by atoms with Crippen LogP contribution in [0, 0.1) is 5.41 Å². The molecule has 2 aromatic heterocycles. The van der Waals surface area contributed by atoms with Gasteiger partial charge < -0.3 is 10.4 Å². The summed E-state index contributed by atoms with van der Waals surface area (Å²) in [6.45, 7) is 6.27. The first-order valence-electron chi connectivity index (χ1n) is 6.87. The average Bonchev–Trinajstić information content (AvgIpc) is 3.06. The van der Waals surface area contributed by atoms with Gasteiger partial charge in [0.25, 0.3) is 0 Å². The van der Waals surface area contributed by atoms with Gasteiger partial charge in [0, 0.05) is 16.9 Å². The van der Waals surface area contributed by atoms with Crippen molar-refractivity contribution < 1.29 is 9.90 Å². The highest BCUT2D eigenvalue weighted by Gasteiger charge is 2.33. The van der Waals surface area contributed by atoms with Gasteiger partial charge in [0.15, 0.2) is 0 Å². The number of rotatable bonds is 5. The van der Waals surface area contributed by atoms with Crippen LogP contribution < -0.4 is 5.32 Å². The monoisotopic (exact) mass is 323 g/mol. The van der Waals surface area contributed by atoms with Gasteiger partial charge in [-0.3, -0.25) is 4.79 Å². The first kappa shape index (κ1) is 16.2. The summed E-state index contributed by atoms with van der Waals surface area (Å²) in [7, 11) is 0. The van der Waals surface area contributed by atoms with E-state index in [2.05, 4.69) is 5.32 Å². The number of hydrogen-bond acceptors (Lipinski definition) is 4. The van der Waals surface area contributed by atoms with E-state index in [1.54, 1.807) is 0 Å². The van der Waals surface area contributed by atoms with Crippen LogP contribution in [0.3, 0.4) is 0 Å². The van der Waals surface area contributed by atoms with Gasteiger partial charge in [0.05, 0.1) is 6.54 Å². The van der Waals surface area contributed by atoms with Gasteiger partial charge >= 0.3 is 0 Å². The molecule has 0 radical (unpaired) electrons. The molecule has 0 aromatic carbocycles. The summed E-state index contributed by atoms with van der Waals surface area (Å²) in [6, 6.07) is 5.72. The SMILES string of the molecule is CC(C)(C)CC(=O)NCC(O)(c1ccsc1)c1cccs1. The minimum atomic E-state index is -1.15. The number of carbonyl (C=O) groups is 1. The predicted octanol–water partition coefficient (Wildman–Crippen LogP) is 3.60. The molecule has 0 fully saturated rings. The maximum absolute atomic E-state index is 12.0. The third-order valence-electron chi connectivity index (χ3n) is 3.16. The van der Waals surface area contributed by atoms with Gasteiger partial charge in [0.2, 0.25) is 5.91 Å². The molecule has 0 spiro atoms. The number of hydrogen-bond donors (Lipinski definition) is 2. The Balaban J connectivity index is 2.14. The Hall–Kier alpha value is -1.17. The van der Waals surface area contributed by atoms with Crippen molar-refractivity contribution >= 4 is 28.6 Å². The molecule has 0 bridgehead atoms. The fourth-order valence-corrected chi connectivity index (χ4v) is 3.69. The molecule has 0 saturated heterocycles. The standard InChI is InChI=1S/C16H21NO2S2/c1-15(2,3)9-14(18)17-11-16(19,12-6-8-20-10-12)13-5-4-7-21-13/h4-8,10,19H,9,11H2,1-3H3,(H,17,18). The molecular weight excluding hydrogens is 302 g/mol. The summed E-state index contributed by atoms with van der Waals surface area (Å²) in [5, 5.41) is 19.8. The van der Waals surface area contributed by atoms with Crippen LogP contribution in [0.1, 0.15) is 37.6 Å². The van der Waals surface area contributed by atoms with Gasteiger partial charge in [-0.1, -0.05) is 26.8 Å². The van der Waals surface area contributed by atoms with Crippen molar-refractivity contribution in [3.05, 3.63) is 44.8 Å². The van der Waals surface area contributed by atoms with E-state index in [1.165, 1.54) is 22.7 Å². The molecule has 2 rings (SSSR count). The maximum atomic E-state index is 12.0. The first-order chi connectivity index (χ1) is 9.81. The first-order valence-corrected chi connectivity index (χ1v) is 8.69. The van der Waals surface area contributed by atoms with Crippen molar-refractivity contribution in [2.24, 2.45) is 5.41 Å². The molecule has 0 saturated carbocycles. The molecule has 0 aliphatic heterocycles. The van der Waals surface area contributed by atoms with E-state index in [4.69, 9.17) is 0 Å². The summed E-state index contributed by atoms with van der Waals surface area (Å²) in [5.74, 6) is -0.0345. The zero-order chi connectivity index (χ0) is 15.5. The second-order valence-corrected chi connectivity index (χ2v) is 8.09. The number of amides is 1. The minimum absolute atomic E-state index is 0.0345. The Morgan fingerprint density at radius 2 is 2.05 bits per heavy atom. The number of carbonyl (C=O) groups excluding carboxylic acids is 1. The highest BCUT2D eigenvalue weighted by Crippen LogP contribution is 2.33. The topological polar surface area (TPSA) is 49.3 Å². The second-order valence-electron chi connectivity index (χ2n) is 6.36. The van der Waals surface area contributed by atoms with Crippen molar-refractivity contribution in [1.82, 2.24) is 5.32 Å². The van der Waals surface area contributed by atoms with E-state index in [0.29, 0.717) is 6.42 Å². The van der Waals surface area contributed by atoms with Gasteiger partial charge in [-0.2, -0.15) is 11.3 Å². The molecule has 0 aliphatic rings. The summed E-state index contributed by atoms with van der Waals surface area (Å²) in [6.07, 6.45) is 0.442. The number of nitrogens with one attached hydrogen (secondary N) is 1. The molecule has 2 N–H and O–H groups in total. The van der Waals surface area contributed by atoms with E-state index >= 15 is 0 Å². The fraction of sp³-hybridized carbons (Fsp3) is 0.438. The Morgan fingerprint density at radius 3 is 2.57 bits per heavy atom. The Labute approximate surface area is 133 Å². The van der Waals surface area contributed by atoms with Gasteiger partial charge in [-0.05, 0) is 33.7 Å². The van der Waals surface area contributed by atoms with E-state index in [-0.39, 0.29) is 17.9 Å². The molecule has 2 heterocycles. The normalized spacial score (nSPS) is 14.7. The molecule has 1 unspecified atom stereocenters. The van der Waals surface area contributed by atoms with Crippen molar-refractivity contribution in [2.45, 2.75) is 32.8 Å². The minimum Gasteiger partial charge on any atom is -0.378 e. The van der Waals surface area contributed by atoms with Crippen LogP contribution in [-0.4, -0.2) is 17.6 Å². The Morgan fingerprint density at radius 1 is 1.29 bits per heavy atom. The molecule has 114 valence electrons. The van der Waals surface area contributed by atoms with Crippen LogP contribution in [0.2, 0.25) is 0 Å². The zero-order valence-corrected chi connectivity index (χ0v) is 14.2. The summed E-state index contributed by atoms with van der Waals surface area (Å²) in [4.78, 5) is 12.9. The van der Waals surface area contributed by atoms with Gasteiger partial charge in [0.1, 0.15) is 5.60 Å². The average molecular weight is 323 g/mol. The number of thiophene rings is 2. The van der Waals surface area contributed by atoms with Crippen LogP contribution in [0.15, 0.2) is 34.3 Å². The Bertz CT molecular complexity index is 534. The van der Waals surface area contributed by atoms with E-state index in [9.17, 15) is 9.90 Å². The van der Waals surface area contributed by atoms with Crippen molar-refractivity contribution in [1.29, 1.82) is 0 Å². The van der Waals surface area contributed by atoms with Crippen molar-refractivity contribution in [3.8, 4) is 0 Å². The second kappa shape index (κ2) is 6.30. The summed E-state index contributed by atoms with van der Waals surface area (Å²) >= 11 is 3.04. The molecule has 1 amide bonds. The quantitative estimate of drug-likeness (QED) is 0.883. The largest absolute Gasteiger partial charge is 0.378 e. The predicted molar refractivity (Wildman–Crippen MR) is 88.7 cm³/mol. The van der Waals surface area contributed by atoms with Crippen molar-refractivity contribution in [2.75, 3.05) is 6.54 Å². The maximum Gasteiger partial charge on any atom is 0.220 e. The molecule has 0 aliphatic carbocycles. The summed E-state index contributed by atoms with van der Waals surface area (Å²) in [5.41, 5.74) is -0.388.